The number of nitrogens with zero attached hydrogens (tertiary/aromatic N) is 1. The van der Waals surface area contributed by atoms with Crippen molar-refractivity contribution in [3.8, 4) is 0 Å². The lowest BCUT2D eigenvalue weighted by Gasteiger charge is -2.07. The molecule has 0 N–H and O–H groups in total. The molecule has 0 aliphatic heterocycles. The summed E-state index contributed by atoms with van der Waals surface area (Å²) in [6.07, 6.45) is 50.4. The van der Waals surface area contributed by atoms with E-state index in [9.17, 15) is 0 Å². The van der Waals surface area contributed by atoms with Crippen LogP contribution < -0.4 is 4.57 Å². The van der Waals surface area contributed by atoms with Gasteiger partial charge in [-0.25, -0.2) is 4.57 Å². The van der Waals surface area contributed by atoms with Gasteiger partial charge in [0.05, 0.1) is 0 Å². The van der Waals surface area contributed by atoms with Crippen LogP contribution in [0.4, 0.5) is 0 Å². The maximum Gasteiger partial charge on any atom is 0.173 e. The quantitative estimate of drug-likeness (QED) is 0.0526. The van der Waals surface area contributed by atoms with Crippen LogP contribution in [-0.2, 0) is 19.4 Å². The summed E-state index contributed by atoms with van der Waals surface area (Å²) in [6.45, 7) is 5.60. The smallest absolute Gasteiger partial charge is 0.173 e. The predicted molar refractivity (Wildman–Crippen MR) is 209 cm³/mol. The summed E-state index contributed by atoms with van der Waals surface area (Å²) in [7, 11) is 0. The molecule has 2 rings (SSSR count). The molecule has 0 spiro atoms. The molecule has 0 saturated carbocycles. The third-order valence-electron chi connectivity index (χ3n) is 10.4. The van der Waals surface area contributed by atoms with Gasteiger partial charge in [-0.2, -0.15) is 0 Å². The van der Waals surface area contributed by atoms with Crippen LogP contribution in [0.2, 0.25) is 0 Å². The molecule has 0 aliphatic carbocycles. The number of unbranched alkanes of at least 4 members (excludes halogenated alkanes) is 28. The molecule has 0 saturated heterocycles. The van der Waals surface area contributed by atoms with Gasteiger partial charge < -0.3 is 0 Å². The Morgan fingerprint density at radius 3 is 0.957 bits per heavy atom. The molecule has 1 aromatic heterocycles. The highest BCUT2D eigenvalue weighted by Crippen LogP contribution is 2.17. The first-order chi connectivity index (χ1) is 23.3. The van der Waals surface area contributed by atoms with E-state index in [0.29, 0.717) is 0 Å². The minimum Gasteiger partial charge on any atom is -0.200 e. The Bertz CT molecular complexity index is 866. The van der Waals surface area contributed by atoms with Gasteiger partial charge in [0.2, 0.25) is 0 Å². The molecular weight excluding hydrogens is 567 g/mol. The topological polar surface area (TPSA) is 3.88 Å². The Morgan fingerprint density at radius 2 is 0.638 bits per heavy atom. The van der Waals surface area contributed by atoms with E-state index in [1.165, 1.54) is 211 Å². The Kier molecular flexibility index (Phi) is 28.0. The molecule has 0 fully saturated rings. The van der Waals surface area contributed by atoms with Gasteiger partial charge in [0, 0.05) is 16.7 Å². The van der Waals surface area contributed by atoms with Gasteiger partial charge in [-0.3, -0.25) is 0 Å². The average molecular weight is 647 g/mol. The fourth-order valence-corrected chi connectivity index (χ4v) is 7.34. The van der Waals surface area contributed by atoms with E-state index in [1.807, 2.05) is 0 Å². The Balaban J connectivity index is 1.57. The number of aromatic nitrogens is 1. The van der Waals surface area contributed by atoms with Crippen molar-refractivity contribution in [3.63, 3.8) is 0 Å². The first-order valence-electron chi connectivity index (χ1n) is 21.4. The molecule has 0 atom stereocenters. The maximum atomic E-state index is 2.54. The molecule has 2 aromatic rings. The Labute approximate surface area is 295 Å². The maximum absolute atomic E-state index is 2.54. The molecule has 0 aliphatic rings. The summed E-state index contributed by atoms with van der Waals surface area (Å²) in [5, 5.41) is 0. The average Bonchev–Trinajstić information content (AvgIpc) is 3.08. The summed E-state index contributed by atoms with van der Waals surface area (Å²) in [5.41, 5.74) is 4.50. The zero-order chi connectivity index (χ0) is 33.3. The fourth-order valence-electron chi connectivity index (χ4n) is 7.34. The molecule has 1 aromatic carbocycles. The van der Waals surface area contributed by atoms with Crippen molar-refractivity contribution in [3.05, 3.63) is 65.5 Å². The van der Waals surface area contributed by atoms with Gasteiger partial charge in [-0.05, 0) is 31.7 Å². The number of benzene rings is 1. The van der Waals surface area contributed by atoms with Crippen LogP contribution in [-0.4, -0.2) is 0 Å². The van der Waals surface area contributed by atoms with Crippen molar-refractivity contribution < 1.29 is 4.57 Å². The van der Waals surface area contributed by atoms with Gasteiger partial charge in [0.1, 0.15) is 0 Å². The van der Waals surface area contributed by atoms with E-state index in [-0.39, 0.29) is 0 Å². The largest absolute Gasteiger partial charge is 0.200 e. The highest BCUT2D eigenvalue weighted by Gasteiger charge is 2.09. The van der Waals surface area contributed by atoms with E-state index < -0.39 is 0 Å². The molecule has 1 nitrogen and oxygen atoms in total. The number of pyridine rings is 1. The standard InChI is InChI=1S/C46H80N/c1-3-5-7-9-11-13-15-17-19-21-23-25-27-29-32-38-45-40-46(43-47(42-45)41-44-36-34-31-35-37-44)39-33-30-28-26-24-22-20-18-16-14-12-10-8-6-4-2/h31,34-37,40,42-43H,3-30,32-33,38-39,41H2,1-2H3/q+1. The molecular formula is C46H80N+. The summed E-state index contributed by atoms with van der Waals surface area (Å²) in [4.78, 5) is 0. The zero-order valence-corrected chi connectivity index (χ0v) is 31.9. The second-order valence-corrected chi connectivity index (χ2v) is 15.1. The van der Waals surface area contributed by atoms with E-state index in [0.717, 1.165) is 6.54 Å². The van der Waals surface area contributed by atoms with Gasteiger partial charge in [0.25, 0.3) is 0 Å². The molecule has 0 bridgehead atoms. The monoisotopic (exact) mass is 647 g/mol. The summed E-state index contributed by atoms with van der Waals surface area (Å²) < 4.78 is 2.47. The minimum atomic E-state index is 0.986. The summed E-state index contributed by atoms with van der Waals surface area (Å²) in [5.74, 6) is 0. The number of rotatable bonds is 34. The van der Waals surface area contributed by atoms with Crippen LogP contribution in [0.1, 0.15) is 223 Å². The second kappa shape index (κ2) is 31.6. The van der Waals surface area contributed by atoms with Gasteiger partial charge >= 0.3 is 0 Å². The molecule has 268 valence electrons. The molecule has 0 amide bonds. The van der Waals surface area contributed by atoms with Crippen LogP contribution >= 0.6 is 0 Å². The normalized spacial score (nSPS) is 11.4. The van der Waals surface area contributed by atoms with Crippen LogP contribution in [0.3, 0.4) is 0 Å². The van der Waals surface area contributed by atoms with Crippen LogP contribution in [0, 0.1) is 0 Å². The third-order valence-corrected chi connectivity index (χ3v) is 10.4. The first kappa shape index (κ1) is 41.5. The van der Waals surface area contributed by atoms with Crippen molar-refractivity contribution >= 4 is 0 Å². The Hall–Kier alpha value is -1.63. The van der Waals surface area contributed by atoms with Gasteiger partial charge in [-0.1, -0.05) is 224 Å². The number of aryl methyl sites for hydroxylation is 2. The lowest BCUT2D eigenvalue weighted by molar-refractivity contribution is -0.689. The summed E-state index contributed by atoms with van der Waals surface area (Å²) >= 11 is 0. The molecule has 1 heterocycles. The van der Waals surface area contributed by atoms with Crippen molar-refractivity contribution in [1.29, 1.82) is 0 Å². The van der Waals surface area contributed by atoms with E-state index in [4.69, 9.17) is 0 Å². The van der Waals surface area contributed by atoms with Crippen molar-refractivity contribution in [1.82, 2.24) is 0 Å². The van der Waals surface area contributed by atoms with E-state index in [1.54, 1.807) is 11.1 Å². The van der Waals surface area contributed by atoms with Crippen molar-refractivity contribution in [2.45, 2.75) is 226 Å². The number of hydrogen-bond donors (Lipinski definition) is 0. The fraction of sp³-hybridized carbons (Fsp3) is 0.761. The molecule has 0 radical (unpaired) electrons. The highest BCUT2D eigenvalue weighted by atomic mass is 14.9. The van der Waals surface area contributed by atoms with Gasteiger partial charge in [0.15, 0.2) is 18.9 Å². The van der Waals surface area contributed by atoms with Crippen LogP contribution in [0.15, 0.2) is 48.8 Å². The SMILES string of the molecule is CCCCCCCCCCCCCCCCCc1cc(CCCCCCCCCCCCCCCCC)c[n+](Cc2ccccc2)c1. The van der Waals surface area contributed by atoms with Crippen LogP contribution in [0.5, 0.6) is 0 Å². The van der Waals surface area contributed by atoms with Crippen molar-refractivity contribution in [2.24, 2.45) is 0 Å². The predicted octanol–water partition coefficient (Wildman–Crippen LogP) is 14.9. The van der Waals surface area contributed by atoms with E-state index in [2.05, 4.69) is 67.2 Å². The zero-order valence-electron chi connectivity index (χ0n) is 31.9. The third kappa shape index (κ3) is 25.1. The number of hydrogen-bond acceptors (Lipinski definition) is 0. The Morgan fingerprint density at radius 1 is 0.340 bits per heavy atom. The molecule has 1 heteroatoms. The van der Waals surface area contributed by atoms with E-state index >= 15 is 0 Å². The highest BCUT2D eigenvalue weighted by molar-refractivity contribution is 5.17. The molecule has 0 unspecified atom stereocenters. The lowest BCUT2D eigenvalue weighted by Crippen LogP contribution is -2.35. The summed E-state index contributed by atoms with van der Waals surface area (Å²) in [6, 6.07) is 13.5. The first-order valence-corrected chi connectivity index (χ1v) is 21.4. The minimum absolute atomic E-state index is 0.986. The second-order valence-electron chi connectivity index (χ2n) is 15.1. The lowest BCUT2D eigenvalue weighted by atomic mass is 10.0. The van der Waals surface area contributed by atoms with Gasteiger partial charge in [-0.15, -0.1) is 0 Å². The van der Waals surface area contributed by atoms with Crippen LogP contribution in [0.25, 0.3) is 0 Å². The van der Waals surface area contributed by atoms with Crippen molar-refractivity contribution in [2.75, 3.05) is 0 Å². The molecule has 47 heavy (non-hydrogen) atoms.